The number of anilines is 1. The van der Waals surface area contributed by atoms with Crippen LogP contribution in [0.2, 0.25) is 5.02 Å². The Morgan fingerprint density at radius 2 is 2.15 bits per heavy atom. The van der Waals surface area contributed by atoms with Crippen LogP contribution in [0, 0.1) is 10.1 Å². The maximum Gasteiger partial charge on any atom is 0.345 e. The first-order valence-corrected chi connectivity index (χ1v) is 8.49. The molecule has 8 nitrogen and oxygen atoms in total. The summed E-state index contributed by atoms with van der Waals surface area (Å²) in [6.45, 7) is 0.253. The Hall–Kier alpha value is -3.04. The van der Waals surface area contributed by atoms with E-state index in [0.717, 1.165) is 11.8 Å². The molecule has 3 rings (SSSR count). The van der Waals surface area contributed by atoms with E-state index >= 15 is 0 Å². The van der Waals surface area contributed by atoms with Crippen molar-refractivity contribution in [3.8, 4) is 0 Å². The summed E-state index contributed by atoms with van der Waals surface area (Å²) < 4.78 is 1.38. The molecular formula is C16H11ClN4O4S. The number of halogens is 1. The molecule has 0 saturated heterocycles. The Labute approximate surface area is 155 Å². The van der Waals surface area contributed by atoms with E-state index in [1.807, 2.05) is 6.07 Å². The molecule has 0 aliphatic rings. The zero-order valence-electron chi connectivity index (χ0n) is 13.1. The minimum Gasteiger partial charge on any atom is -0.310 e. The fourth-order valence-corrected chi connectivity index (χ4v) is 3.08. The van der Waals surface area contributed by atoms with Gasteiger partial charge in [0, 0.05) is 11.2 Å². The maximum atomic E-state index is 12.5. The van der Waals surface area contributed by atoms with E-state index in [1.54, 1.807) is 30.5 Å². The molecule has 1 N–H and O–H groups in total. The number of carbonyl (C=O) groups is 1. The van der Waals surface area contributed by atoms with Crippen molar-refractivity contribution in [3.05, 3.63) is 85.4 Å². The summed E-state index contributed by atoms with van der Waals surface area (Å²) in [6.07, 6.45) is 2.61. The zero-order chi connectivity index (χ0) is 18.7. The highest BCUT2D eigenvalue weighted by Crippen LogP contribution is 2.25. The van der Waals surface area contributed by atoms with E-state index in [9.17, 15) is 19.7 Å². The predicted molar refractivity (Wildman–Crippen MR) is 98.0 cm³/mol. The van der Waals surface area contributed by atoms with Gasteiger partial charge in [-0.05, 0) is 41.2 Å². The van der Waals surface area contributed by atoms with E-state index in [0.29, 0.717) is 16.4 Å². The molecule has 0 unspecified atom stereocenters. The molecule has 0 radical (unpaired) electrons. The molecule has 132 valence electrons. The lowest BCUT2D eigenvalue weighted by Gasteiger charge is -2.08. The molecule has 0 atom stereocenters. The lowest BCUT2D eigenvalue weighted by molar-refractivity contribution is -0.380. The Kier molecular flexibility index (Phi) is 5.10. The van der Waals surface area contributed by atoms with Gasteiger partial charge in [0.1, 0.15) is 11.8 Å². The zero-order valence-corrected chi connectivity index (χ0v) is 14.7. The smallest absolute Gasteiger partial charge is 0.310 e. The van der Waals surface area contributed by atoms with Gasteiger partial charge in [-0.2, -0.15) is 0 Å². The summed E-state index contributed by atoms with van der Waals surface area (Å²) in [5, 5.41) is 13.5. The first-order valence-electron chi connectivity index (χ1n) is 7.29. The van der Waals surface area contributed by atoms with Crippen LogP contribution in [0.15, 0.2) is 53.6 Å². The third-order valence-corrected chi connectivity index (χ3v) is 4.50. The Morgan fingerprint density at radius 3 is 2.85 bits per heavy atom. The minimum atomic E-state index is -0.681. The molecule has 0 aliphatic carbocycles. The monoisotopic (exact) mass is 390 g/mol. The SMILES string of the molecule is O=C(Nc1ncc([N+](=O)[O-])s1)c1cccn(Cc2cccc(Cl)c2)c1=O. The fraction of sp³-hybridized carbons (Fsp3) is 0.0625. The first kappa shape index (κ1) is 17.8. The second-order valence-corrected chi connectivity index (χ2v) is 6.65. The number of hydrogen-bond acceptors (Lipinski definition) is 6. The summed E-state index contributed by atoms with van der Waals surface area (Å²) in [4.78, 5) is 38.7. The van der Waals surface area contributed by atoms with E-state index in [4.69, 9.17) is 11.6 Å². The fourth-order valence-electron chi connectivity index (χ4n) is 2.24. The summed E-state index contributed by atoms with van der Waals surface area (Å²) in [7, 11) is 0. The molecular weight excluding hydrogens is 380 g/mol. The largest absolute Gasteiger partial charge is 0.345 e. The maximum absolute atomic E-state index is 12.5. The third-order valence-electron chi connectivity index (χ3n) is 3.40. The van der Waals surface area contributed by atoms with E-state index in [1.165, 1.54) is 10.6 Å². The number of nitro groups is 1. The molecule has 26 heavy (non-hydrogen) atoms. The van der Waals surface area contributed by atoms with Crippen LogP contribution in [0.4, 0.5) is 10.1 Å². The Bertz CT molecular complexity index is 1050. The molecule has 0 bridgehead atoms. The van der Waals surface area contributed by atoms with Crippen molar-refractivity contribution in [1.29, 1.82) is 0 Å². The Balaban J connectivity index is 1.82. The van der Waals surface area contributed by atoms with Gasteiger partial charge in [0.2, 0.25) is 0 Å². The van der Waals surface area contributed by atoms with Crippen LogP contribution in [0.1, 0.15) is 15.9 Å². The second-order valence-electron chi connectivity index (χ2n) is 5.20. The van der Waals surface area contributed by atoms with Crippen LogP contribution in [0.25, 0.3) is 0 Å². The number of nitrogens with one attached hydrogen (secondary N) is 1. The lowest BCUT2D eigenvalue weighted by atomic mass is 10.2. The molecule has 0 fully saturated rings. The van der Waals surface area contributed by atoms with Gasteiger partial charge < -0.3 is 4.57 Å². The Morgan fingerprint density at radius 1 is 1.35 bits per heavy atom. The van der Waals surface area contributed by atoms with Crippen LogP contribution in [-0.2, 0) is 6.54 Å². The number of rotatable bonds is 5. The third kappa shape index (κ3) is 3.95. The van der Waals surface area contributed by atoms with Crippen LogP contribution < -0.4 is 10.9 Å². The quantitative estimate of drug-likeness (QED) is 0.531. The molecule has 3 aromatic rings. The van der Waals surface area contributed by atoms with Crippen molar-refractivity contribution in [2.24, 2.45) is 0 Å². The molecule has 1 aromatic carbocycles. The lowest BCUT2D eigenvalue weighted by Crippen LogP contribution is -2.29. The summed E-state index contributed by atoms with van der Waals surface area (Å²) in [6, 6.07) is 10.0. The molecule has 2 heterocycles. The van der Waals surface area contributed by atoms with Crippen LogP contribution >= 0.6 is 22.9 Å². The van der Waals surface area contributed by atoms with Gasteiger partial charge in [-0.15, -0.1) is 0 Å². The van der Waals surface area contributed by atoms with Crippen LogP contribution in [-0.4, -0.2) is 20.4 Å². The second kappa shape index (κ2) is 7.46. The standard InChI is InChI=1S/C16H11ClN4O4S/c17-11-4-1-3-10(7-11)9-20-6-2-5-12(15(20)23)14(22)19-16-18-8-13(26-16)21(24)25/h1-8H,9H2,(H,18,19,22). The molecule has 2 aromatic heterocycles. The van der Waals surface area contributed by atoms with Gasteiger partial charge in [0.15, 0.2) is 5.13 Å². The number of thiazole rings is 1. The molecule has 10 heteroatoms. The summed E-state index contributed by atoms with van der Waals surface area (Å²) >= 11 is 6.65. The summed E-state index contributed by atoms with van der Waals surface area (Å²) in [5.41, 5.74) is 0.233. The van der Waals surface area contributed by atoms with E-state index in [2.05, 4.69) is 10.3 Å². The predicted octanol–water partition coefficient (Wildman–Crippen LogP) is 3.17. The normalized spacial score (nSPS) is 10.5. The number of carbonyl (C=O) groups excluding carboxylic acids is 1. The van der Waals surface area contributed by atoms with Gasteiger partial charge in [-0.3, -0.25) is 25.0 Å². The number of pyridine rings is 1. The number of aromatic nitrogens is 2. The molecule has 0 saturated carbocycles. The van der Waals surface area contributed by atoms with Crippen molar-refractivity contribution in [2.45, 2.75) is 6.54 Å². The molecule has 1 amide bonds. The highest BCUT2D eigenvalue weighted by atomic mass is 35.5. The van der Waals surface area contributed by atoms with Gasteiger partial charge in [0.25, 0.3) is 11.5 Å². The van der Waals surface area contributed by atoms with Crippen molar-refractivity contribution in [3.63, 3.8) is 0 Å². The molecule has 0 spiro atoms. The van der Waals surface area contributed by atoms with Gasteiger partial charge in [0.05, 0.1) is 11.5 Å². The van der Waals surface area contributed by atoms with E-state index in [-0.39, 0.29) is 22.2 Å². The van der Waals surface area contributed by atoms with E-state index < -0.39 is 16.4 Å². The summed E-state index contributed by atoms with van der Waals surface area (Å²) in [5.74, 6) is -0.681. The van der Waals surface area contributed by atoms with Crippen LogP contribution in [0.3, 0.4) is 0 Å². The van der Waals surface area contributed by atoms with Gasteiger partial charge in [-0.1, -0.05) is 23.7 Å². The first-order chi connectivity index (χ1) is 12.4. The van der Waals surface area contributed by atoms with Crippen molar-refractivity contribution in [1.82, 2.24) is 9.55 Å². The van der Waals surface area contributed by atoms with Crippen molar-refractivity contribution < 1.29 is 9.72 Å². The number of nitrogens with zero attached hydrogens (tertiary/aromatic N) is 3. The number of amides is 1. The number of hydrogen-bond donors (Lipinski definition) is 1. The highest BCUT2D eigenvalue weighted by Gasteiger charge is 2.17. The topological polar surface area (TPSA) is 107 Å². The average molecular weight is 391 g/mol. The van der Waals surface area contributed by atoms with Crippen molar-refractivity contribution >= 4 is 39.0 Å². The van der Waals surface area contributed by atoms with Gasteiger partial charge >= 0.3 is 5.00 Å². The number of benzene rings is 1. The minimum absolute atomic E-state index is 0.0475. The average Bonchev–Trinajstić information content (AvgIpc) is 3.05. The van der Waals surface area contributed by atoms with Gasteiger partial charge in [-0.25, -0.2) is 4.98 Å². The molecule has 0 aliphatic heterocycles. The highest BCUT2D eigenvalue weighted by molar-refractivity contribution is 7.18. The van der Waals surface area contributed by atoms with Crippen LogP contribution in [0.5, 0.6) is 0 Å². The van der Waals surface area contributed by atoms with Crippen molar-refractivity contribution in [2.75, 3.05) is 5.32 Å².